The first-order valence-electron chi connectivity index (χ1n) is 9.56. The van der Waals surface area contributed by atoms with Crippen LogP contribution in [0.25, 0.3) is 0 Å². The summed E-state index contributed by atoms with van der Waals surface area (Å²) in [6.07, 6.45) is 8.17. The molecule has 1 aromatic rings. The maximum atomic E-state index is 12.5. The highest BCUT2D eigenvalue weighted by atomic mass is 19.3. The van der Waals surface area contributed by atoms with Crippen LogP contribution < -0.4 is 10.9 Å². The van der Waals surface area contributed by atoms with Gasteiger partial charge in [0.05, 0.1) is 36.9 Å². The molecule has 4 heterocycles. The lowest BCUT2D eigenvalue weighted by atomic mass is 9.97. The highest BCUT2D eigenvalue weighted by Crippen LogP contribution is 2.27. The molecule has 0 radical (unpaired) electrons. The van der Waals surface area contributed by atoms with Crippen LogP contribution in [0.1, 0.15) is 12.8 Å². The number of halogens is 2. The molecule has 154 valence electrons. The van der Waals surface area contributed by atoms with Crippen molar-refractivity contribution in [1.82, 2.24) is 30.1 Å². The minimum atomic E-state index is -2.45. The zero-order valence-corrected chi connectivity index (χ0v) is 15.9. The van der Waals surface area contributed by atoms with Gasteiger partial charge in [-0.25, -0.2) is 18.8 Å². The third-order valence-electron chi connectivity index (χ3n) is 5.05. The Kier molecular flexibility index (Phi) is 5.62. The van der Waals surface area contributed by atoms with E-state index in [0.717, 1.165) is 43.9 Å². The van der Waals surface area contributed by atoms with Crippen molar-refractivity contribution in [3.05, 3.63) is 36.2 Å². The monoisotopic (exact) mass is 403 g/mol. The van der Waals surface area contributed by atoms with Gasteiger partial charge in [-0.1, -0.05) is 0 Å². The average Bonchev–Trinajstić information content (AvgIpc) is 3.29. The molecule has 0 aliphatic carbocycles. The molecule has 0 saturated carbocycles. The molecular formula is C18H23F2N9. The highest BCUT2D eigenvalue weighted by molar-refractivity contribution is 5.66. The van der Waals surface area contributed by atoms with Crippen LogP contribution in [-0.4, -0.2) is 63.6 Å². The Morgan fingerprint density at radius 3 is 3.14 bits per heavy atom. The van der Waals surface area contributed by atoms with Crippen molar-refractivity contribution in [3.8, 4) is 6.07 Å². The number of aliphatic imine (C=N–C) groups is 1. The molecule has 9 nitrogen and oxygen atoms in total. The summed E-state index contributed by atoms with van der Waals surface area (Å²) >= 11 is 0. The Hall–Kier alpha value is -3.13. The first kappa shape index (κ1) is 19.2. The molecule has 3 aliphatic rings. The molecule has 0 spiro atoms. The minimum absolute atomic E-state index is 0.439. The number of nitrogens with zero attached hydrogens (tertiary/aromatic N) is 7. The van der Waals surface area contributed by atoms with E-state index in [1.807, 2.05) is 12.4 Å². The van der Waals surface area contributed by atoms with E-state index < -0.39 is 13.0 Å². The number of hydrogen-bond donors (Lipinski definition) is 2. The molecule has 1 saturated heterocycles. The molecule has 11 heteroatoms. The predicted molar refractivity (Wildman–Crippen MR) is 103 cm³/mol. The van der Waals surface area contributed by atoms with E-state index in [1.165, 1.54) is 17.1 Å². The predicted octanol–water partition coefficient (Wildman–Crippen LogP) is 1.56. The molecule has 1 atom stereocenters. The van der Waals surface area contributed by atoms with Crippen molar-refractivity contribution < 1.29 is 8.78 Å². The minimum Gasteiger partial charge on any atom is -0.303 e. The Balaban J connectivity index is 1.37. The fourth-order valence-electron chi connectivity index (χ4n) is 3.78. The second-order valence-corrected chi connectivity index (χ2v) is 7.29. The molecule has 29 heavy (non-hydrogen) atoms. The van der Waals surface area contributed by atoms with E-state index in [-0.39, 0.29) is 0 Å². The summed E-state index contributed by atoms with van der Waals surface area (Å²) in [4.78, 5) is 6.63. The van der Waals surface area contributed by atoms with Crippen LogP contribution in [0.15, 0.2) is 41.2 Å². The summed E-state index contributed by atoms with van der Waals surface area (Å²) < 4.78 is 26.2. The van der Waals surface area contributed by atoms with Gasteiger partial charge in [0.2, 0.25) is 0 Å². The van der Waals surface area contributed by atoms with Crippen LogP contribution in [0.3, 0.4) is 0 Å². The second kappa shape index (κ2) is 8.48. The standard InChI is InChI=1S/C18H23F2N9/c19-18(20)12-27-10-15(6-23-27)25-28-11-17-16(22-13-28)7-24-29(17)9-14-2-1-4-26(8-14)5-3-21/h6-7,10-11,13-14,18,24-25H,1-2,4-5,8-9,12H2. The van der Waals surface area contributed by atoms with Crippen LogP contribution in [0.2, 0.25) is 0 Å². The van der Waals surface area contributed by atoms with Gasteiger partial charge < -0.3 is 5.43 Å². The van der Waals surface area contributed by atoms with Gasteiger partial charge in [0.15, 0.2) is 0 Å². The molecule has 2 N–H and O–H groups in total. The molecule has 3 aliphatic heterocycles. The molecule has 1 aromatic heterocycles. The van der Waals surface area contributed by atoms with Gasteiger partial charge in [0.1, 0.15) is 24.3 Å². The number of aromatic nitrogens is 2. The molecule has 1 unspecified atom stereocenters. The Bertz CT molecular complexity index is 854. The van der Waals surface area contributed by atoms with Gasteiger partial charge in [0.25, 0.3) is 6.43 Å². The van der Waals surface area contributed by atoms with E-state index in [4.69, 9.17) is 5.26 Å². The van der Waals surface area contributed by atoms with Crippen LogP contribution in [0.4, 0.5) is 14.5 Å². The van der Waals surface area contributed by atoms with Crippen molar-refractivity contribution in [2.45, 2.75) is 25.8 Å². The van der Waals surface area contributed by atoms with Crippen molar-refractivity contribution in [3.63, 3.8) is 0 Å². The van der Waals surface area contributed by atoms with E-state index >= 15 is 0 Å². The van der Waals surface area contributed by atoms with E-state index in [2.05, 4.69) is 36.9 Å². The van der Waals surface area contributed by atoms with Crippen molar-refractivity contribution in [1.29, 1.82) is 5.26 Å². The second-order valence-electron chi connectivity index (χ2n) is 7.29. The lowest BCUT2D eigenvalue weighted by molar-refractivity contribution is 0.122. The van der Waals surface area contributed by atoms with Crippen LogP contribution in [0, 0.1) is 17.2 Å². The molecule has 0 amide bonds. The van der Waals surface area contributed by atoms with Crippen molar-refractivity contribution >= 4 is 12.0 Å². The van der Waals surface area contributed by atoms with Gasteiger partial charge >= 0.3 is 0 Å². The highest BCUT2D eigenvalue weighted by Gasteiger charge is 2.28. The zero-order valence-electron chi connectivity index (χ0n) is 15.9. The Morgan fingerprint density at radius 1 is 1.41 bits per heavy atom. The summed E-state index contributed by atoms with van der Waals surface area (Å²) in [7, 11) is 0. The van der Waals surface area contributed by atoms with Crippen molar-refractivity contribution in [2.24, 2.45) is 10.9 Å². The van der Waals surface area contributed by atoms with Gasteiger partial charge in [-0.05, 0) is 25.3 Å². The number of anilines is 1. The number of hydrogen-bond acceptors (Lipinski definition) is 8. The number of rotatable bonds is 7. The van der Waals surface area contributed by atoms with E-state index in [0.29, 0.717) is 18.2 Å². The zero-order chi connectivity index (χ0) is 20.2. The fourth-order valence-corrected chi connectivity index (χ4v) is 3.78. The normalized spacial score (nSPS) is 21.5. The van der Waals surface area contributed by atoms with Crippen molar-refractivity contribution in [2.75, 3.05) is 31.6 Å². The van der Waals surface area contributed by atoms with Crippen LogP contribution >= 0.6 is 0 Å². The fraction of sp³-hybridized carbons (Fsp3) is 0.500. The summed E-state index contributed by atoms with van der Waals surface area (Å²) in [5.74, 6) is 0.457. The quantitative estimate of drug-likeness (QED) is 0.668. The number of hydrazine groups is 2. The lowest BCUT2D eigenvalue weighted by Gasteiger charge is -2.34. The molecular weight excluding hydrogens is 380 g/mol. The first-order chi connectivity index (χ1) is 14.1. The van der Waals surface area contributed by atoms with E-state index in [1.54, 1.807) is 11.3 Å². The third kappa shape index (κ3) is 4.65. The molecule has 0 bridgehead atoms. The summed E-state index contributed by atoms with van der Waals surface area (Å²) in [6.45, 7) is 2.72. The van der Waals surface area contributed by atoms with Crippen LogP contribution in [0.5, 0.6) is 0 Å². The van der Waals surface area contributed by atoms with Crippen LogP contribution in [-0.2, 0) is 6.54 Å². The summed E-state index contributed by atoms with van der Waals surface area (Å²) in [5, 5.41) is 16.6. The first-order valence-corrected chi connectivity index (χ1v) is 9.56. The van der Waals surface area contributed by atoms with Gasteiger partial charge in [-0.3, -0.25) is 20.0 Å². The van der Waals surface area contributed by atoms with Gasteiger partial charge in [0, 0.05) is 19.3 Å². The number of nitriles is 1. The summed E-state index contributed by atoms with van der Waals surface area (Å²) in [5.41, 5.74) is 8.70. The number of fused-ring (bicyclic) bond motifs is 1. The maximum Gasteiger partial charge on any atom is 0.257 e. The Labute approximate surface area is 167 Å². The van der Waals surface area contributed by atoms with Gasteiger partial charge in [-0.2, -0.15) is 10.4 Å². The smallest absolute Gasteiger partial charge is 0.257 e. The molecule has 1 fully saturated rings. The SMILES string of the molecule is N#CCN1CCCC(CN2NC=C3N=CN(Nc4cnn(CC(F)F)c4)C=C32)C1. The molecule has 0 aromatic carbocycles. The lowest BCUT2D eigenvalue weighted by Crippen LogP contribution is -2.43. The van der Waals surface area contributed by atoms with Gasteiger partial charge in [-0.15, -0.1) is 0 Å². The number of piperidine rings is 1. The number of alkyl halides is 2. The largest absolute Gasteiger partial charge is 0.303 e. The molecule has 4 rings (SSSR count). The maximum absolute atomic E-state index is 12.5. The van der Waals surface area contributed by atoms with E-state index in [9.17, 15) is 8.78 Å². The Morgan fingerprint density at radius 2 is 2.31 bits per heavy atom. The summed E-state index contributed by atoms with van der Waals surface area (Å²) in [6, 6.07) is 2.23. The number of nitrogens with one attached hydrogen (secondary N) is 2. The topological polar surface area (TPSA) is 87.8 Å². The third-order valence-corrected chi connectivity index (χ3v) is 5.05. The average molecular weight is 403 g/mol. The number of likely N-dealkylation sites (tertiary alicyclic amines) is 1.